The Hall–Kier alpha value is -2.24. The van der Waals surface area contributed by atoms with Crippen molar-refractivity contribution in [2.24, 2.45) is 0 Å². The van der Waals surface area contributed by atoms with Crippen molar-refractivity contribution in [3.05, 3.63) is 29.8 Å². The molecule has 6 nitrogen and oxygen atoms in total. The predicted molar refractivity (Wildman–Crippen MR) is 70.1 cm³/mol. The second kappa shape index (κ2) is 7.25. The van der Waals surface area contributed by atoms with Gasteiger partial charge < -0.3 is 20.5 Å². The third-order valence-electron chi connectivity index (χ3n) is 2.62. The Kier molecular flexibility index (Phi) is 5.66. The highest BCUT2D eigenvalue weighted by Crippen LogP contribution is 2.10. The second-order valence-corrected chi connectivity index (χ2v) is 3.97. The smallest absolute Gasteiger partial charge is 0.326 e. The molecule has 1 rings (SSSR count). The van der Waals surface area contributed by atoms with Crippen LogP contribution in [0.2, 0.25) is 0 Å². The van der Waals surface area contributed by atoms with E-state index in [2.05, 4.69) is 10.6 Å². The number of ether oxygens (including phenoxy) is 1. The molecule has 104 valence electrons. The lowest BCUT2D eigenvalue weighted by Crippen LogP contribution is -2.45. The molecule has 0 radical (unpaired) electrons. The first-order valence-electron chi connectivity index (χ1n) is 5.97. The van der Waals surface area contributed by atoms with E-state index in [4.69, 9.17) is 9.84 Å². The zero-order chi connectivity index (χ0) is 14.3. The number of benzene rings is 1. The summed E-state index contributed by atoms with van der Waals surface area (Å²) in [5, 5.41) is 13.8. The molecule has 1 unspecified atom stereocenters. The van der Waals surface area contributed by atoms with Crippen molar-refractivity contribution in [2.75, 3.05) is 7.11 Å². The molecule has 0 fully saturated rings. The fourth-order valence-corrected chi connectivity index (χ4v) is 1.47. The normalized spacial score (nSPS) is 11.5. The molecule has 0 aliphatic carbocycles. The quantitative estimate of drug-likeness (QED) is 0.725. The van der Waals surface area contributed by atoms with Crippen LogP contribution in [0.25, 0.3) is 0 Å². The molecule has 2 amide bonds. The molecular formula is C13H18N2O4. The number of carbonyl (C=O) groups excluding carboxylic acids is 1. The molecule has 1 aromatic rings. The molecule has 1 atom stereocenters. The topological polar surface area (TPSA) is 87.7 Å². The molecule has 1 aromatic carbocycles. The average molecular weight is 266 g/mol. The van der Waals surface area contributed by atoms with Crippen LogP contribution in [0, 0.1) is 0 Å². The number of aliphatic carboxylic acids is 1. The van der Waals surface area contributed by atoms with E-state index in [1.807, 2.05) is 12.1 Å². The number of carboxylic acid groups (broad SMARTS) is 1. The first-order valence-corrected chi connectivity index (χ1v) is 5.97. The van der Waals surface area contributed by atoms with E-state index in [1.54, 1.807) is 26.2 Å². The summed E-state index contributed by atoms with van der Waals surface area (Å²) in [5.74, 6) is -0.299. The van der Waals surface area contributed by atoms with E-state index in [9.17, 15) is 9.59 Å². The van der Waals surface area contributed by atoms with Gasteiger partial charge in [-0.3, -0.25) is 0 Å². The Morgan fingerprint density at radius 1 is 1.32 bits per heavy atom. The molecule has 0 heterocycles. The predicted octanol–water partition coefficient (Wildman–Crippen LogP) is 1.36. The van der Waals surface area contributed by atoms with E-state index in [0.29, 0.717) is 13.0 Å². The van der Waals surface area contributed by atoms with Crippen LogP contribution < -0.4 is 15.4 Å². The van der Waals surface area contributed by atoms with Crippen molar-refractivity contribution < 1.29 is 19.4 Å². The van der Waals surface area contributed by atoms with Crippen molar-refractivity contribution in [1.29, 1.82) is 0 Å². The Balaban J connectivity index is 2.42. The summed E-state index contributed by atoms with van der Waals surface area (Å²) in [6.07, 6.45) is 0.339. The molecule has 3 N–H and O–H groups in total. The maximum absolute atomic E-state index is 11.5. The highest BCUT2D eigenvalue weighted by molar-refractivity contribution is 5.82. The largest absolute Gasteiger partial charge is 0.497 e. The first-order chi connectivity index (χ1) is 9.06. The summed E-state index contributed by atoms with van der Waals surface area (Å²) in [6, 6.07) is 5.88. The summed E-state index contributed by atoms with van der Waals surface area (Å²) in [5.41, 5.74) is 0.902. The highest BCUT2D eigenvalue weighted by atomic mass is 16.5. The third-order valence-corrected chi connectivity index (χ3v) is 2.62. The van der Waals surface area contributed by atoms with Crippen molar-refractivity contribution in [1.82, 2.24) is 10.6 Å². The van der Waals surface area contributed by atoms with Crippen LogP contribution >= 0.6 is 0 Å². The SMILES string of the molecule is CCC(NC(=O)NCc1ccc(OC)cc1)C(=O)O. The number of carbonyl (C=O) groups is 2. The number of rotatable bonds is 6. The molecule has 0 saturated carbocycles. The molecule has 0 bridgehead atoms. The van der Waals surface area contributed by atoms with Crippen LogP contribution in [0.1, 0.15) is 18.9 Å². The highest BCUT2D eigenvalue weighted by Gasteiger charge is 2.16. The van der Waals surface area contributed by atoms with Gasteiger partial charge in [-0.15, -0.1) is 0 Å². The Morgan fingerprint density at radius 3 is 2.42 bits per heavy atom. The lowest BCUT2D eigenvalue weighted by atomic mass is 10.2. The van der Waals surface area contributed by atoms with Gasteiger partial charge in [-0.05, 0) is 24.1 Å². The lowest BCUT2D eigenvalue weighted by molar-refractivity contribution is -0.139. The van der Waals surface area contributed by atoms with Gasteiger partial charge in [0.05, 0.1) is 7.11 Å². The molecule has 0 aromatic heterocycles. The van der Waals surface area contributed by atoms with E-state index in [1.165, 1.54) is 0 Å². The van der Waals surface area contributed by atoms with Gasteiger partial charge in [0.2, 0.25) is 0 Å². The van der Waals surface area contributed by atoms with Crippen LogP contribution in [0.4, 0.5) is 4.79 Å². The molecular weight excluding hydrogens is 248 g/mol. The minimum absolute atomic E-state index is 0.325. The number of methoxy groups -OCH3 is 1. The van der Waals surface area contributed by atoms with Gasteiger partial charge in [-0.2, -0.15) is 0 Å². The summed E-state index contributed by atoms with van der Waals surface area (Å²) >= 11 is 0. The minimum Gasteiger partial charge on any atom is -0.497 e. The van der Waals surface area contributed by atoms with Crippen LogP contribution in [0.5, 0.6) is 5.75 Å². The van der Waals surface area contributed by atoms with Crippen LogP contribution in [0.15, 0.2) is 24.3 Å². The minimum atomic E-state index is -1.04. The molecule has 0 aliphatic rings. The van der Waals surface area contributed by atoms with Crippen molar-refractivity contribution in [3.8, 4) is 5.75 Å². The van der Waals surface area contributed by atoms with Crippen molar-refractivity contribution >= 4 is 12.0 Å². The number of hydrogen-bond acceptors (Lipinski definition) is 3. The Bertz CT molecular complexity index is 431. The van der Waals surface area contributed by atoms with Gasteiger partial charge in [0.25, 0.3) is 0 Å². The number of nitrogens with one attached hydrogen (secondary N) is 2. The molecule has 0 spiro atoms. The van der Waals surface area contributed by atoms with Crippen molar-refractivity contribution in [2.45, 2.75) is 25.9 Å². The van der Waals surface area contributed by atoms with Crippen LogP contribution in [0.3, 0.4) is 0 Å². The van der Waals surface area contributed by atoms with E-state index in [-0.39, 0.29) is 0 Å². The maximum Gasteiger partial charge on any atom is 0.326 e. The number of amides is 2. The van der Waals surface area contributed by atoms with Crippen LogP contribution in [-0.2, 0) is 11.3 Å². The Morgan fingerprint density at radius 2 is 1.95 bits per heavy atom. The summed E-state index contributed by atoms with van der Waals surface area (Å²) in [7, 11) is 1.58. The number of carboxylic acids is 1. The van der Waals surface area contributed by atoms with E-state index >= 15 is 0 Å². The summed E-state index contributed by atoms with van der Waals surface area (Å²) in [4.78, 5) is 22.3. The van der Waals surface area contributed by atoms with Gasteiger partial charge in [0.15, 0.2) is 0 Å². The fourth-order valence-electron chi connectivity index (χ4n) is 1.47. The average Bonchev–Trinajstić information content (AvgIpc) is 2.42. The molecule has 19 heavy (non-hydrogen) atoms. The van der Waals surface area contributed by atoms with E-state index < -0.39 is 18.0 Å². The second-order valence-electron chi connectivity index (χ2n) is 3.97. The number of hydrogen-bond donors (Lipinski definition) is 3. The van der Waals surface area contributed by atoms with E-state index in [0.717, 1.165) is 11.3 Å². The van der Waals surface area contributed by atoms with Gasteiger partial charge in [0, 0.05) is 6.54 Å². The fraction of sp³-hybridized carbons (Fsp3) is 0.385. The first kappa shape index (κ1) is 14.8. The van der Waals surface area contributed by atoms with Gasteiger partial charge in [0.1, 0.15) is 11.8 Å². The third kappa shape index (κ3) is 4.87. The molecule has 6 heteroatoms. The van der Waals surface area contributed by atoms with Crippen molar-refractivity contribution in [3.63, 3.8) is 0 Å². The summed E-state index contributed by atoms with van der Waals surface area (Å²) < 4.78 is 5.02. The van der Waals surface area contributed by atoms with Crippen LogP contribution in [-0.4, -0.2) is 30.3 Å². The summed E-state index contributed by atoms with van der Waals surface area (Å²) in [6.45, 7) is 2.02. The number of urea groups is 1. The molecule has 0 saturated heterocycles. The zero-order valence-corrected chi connectivity index (χ0v) is 11.0. The van der Waals surface area contributed by atoms with Gasteiger partial charge in [-0.25, -0.2) is 9.59 Å². The Labute approximate surface area is 111 Å². The van der Waals surface area contributed by atoms with Gasteiger partial charge in [-0.1, -0.05) is 19.1 Å². The maximum atomic E-state index is 11.5. The lowest BCUT2D eigenvalue weighted by Gasteiger charge is -2.13. The van der Waals surface area contributed by atoms with Gasteiger partial charge >= 0.3 is 12.0 Å². The zero-order valence-electron chi connectivity index (χ0n) is 11.0. The molecule has 0 aliphatic heterocycles. The monoisotopic (exact) mass is 266 g/mol. The standard InChI is InChI=1S/C13H18N2O4/c1-3-11(12(16)17)15-13(18)14-8-9-4-6-10(19-2)7-5-9/h4-7,11H,3,8H2,1-2H3,(H,16,17)(H2,14,15,18).